The van der Waals surface area contributed by atoms with E-state index in [4.69, 9.17) is 0 Å². The van der Waals surface area contributed by atoms with Crippen LogP contribution in [0.4, 0.5) is 5.69 Å². The molecular weight excluding hydrogens is 436 g/mol. The number of fused-ring (bicyclic) bond motifs is 1. The molecule has 0 radical (unpaired) electrons. The maximum Gasteiger partial charge on any atom is 0.319 e. The zero-order chi connectivity index (χ0) is 19.8. The van der Waals surface area contributed by atoms with E-state index in [0.717, 1.165) is 22.7 Å². The third kappa shape index (κ3) is 3.81. The van der Waals surface area contributed by atoms with Gasteiger partial charge in [0.2, 0.25) is 4.73 Å². The van der Waals surface area contributed by atoms with Gasteiger partial charge < -0.3 is 5.11 Å². The lowest BCUT2D eigenvalue weighted by Gasteiger charge is -2.18. The van der Waals surface area contributed by atoms with Gasteiger partial charge in [-0.25, -0.2) is 0 Å². The summed E-state index contributed by atoms with van der Waals surface area (Å²) >= 11 is 4.43. The van der Waals surface area contributed by atoms with Gasteiger partial charge in [-0.15, -0.1) is 10.2 Å². The predicted molar refractivity (Wildman–Crippen MR) is 105 cm³/mol. The van der Waals surface area contributed by atoms with Crippen LogP contribution in [0.15, 0.2) is 46.3 Å². The van der Waals surface area contributed by atoms with Crippen LogP contribution in [0, 0.1) is 10.1 Å². The molecule has 0 fully saturated rings. The monoisotopic (exact) mass is 450 g/mol. The predicted octanol–water partition coefficient (Wildman–Crippen LogP) is 4.11. The zero-order valence-corrected chi connectivity index (χ0v) is 16.8. The van der Waals surface area contributed by atoms with Gasteiger partial charge in [-0.3, -0.25) is 19.5 Å². The molecule has 140 valence electrons. The first-order valence-corrected chi connectivity index (χ1v) is 9.48. The van der Waals surface area contributed by atoms with Crippen LogP contribution in [0.2, 0.25) is 0 Å². The molecule has 0 atom stereocenters. The Labute approximate surface area is 166 Å². The van der Waals surface area contributed by atoms with Crippen LogP contribution in [0.1, 0.15) is 19.4 Å². The average molecular weight is 451 g/mol. The van der Waals surface area contributed by atoms with Crippen molar-refractivity contribution in [3.8, 4) is 0 Å². The second-order valence-corrected chi connectivity index (χ2v) is 8.60. The Morgan fingerprint density at radius 1 is 1.26 bits per heavy atom. The topological polar surface area (TPSA) is 111 Å². The molecule has 27 heavy (non-hydrogen) atoms. The fourth-order valence-electron chi connectivity index (χ4n) is 2.56. The molecule has 0 saturated heterocycles. The van der Waals surface area contributed by atoms with Crippen molar-refractivity contribution in [3.63, 3.8) is 0 Å². The first-order chi connectivity index (χ1) is 12.7. The van der Waals surface area contributed by atoms with Gasteiger partial charge in [0.15, 0.2) is 5.16 Å². The zero-order valence-electron chi connectivity index (χ0n) is 14.4. The van der Waals surface area contributed by atoms with E-state index >= 15 is 0 Å². The molecule has 8 nitrogen and oxygen atoms in total. The minimum atomic E-state index is -1.08. The number of aliphatic carboxylic acids is 1. The maximum atomic E-state index is 11.4. The molecule has 0 aliphatic carbocycles. The lowest BCUT2D eigenvalue weighted by molar-refractivity contribution is -0.383. The van der Waals surface area contributed by atoms with Crippen molar-refractivity contribution in [2.45, 2.75) is 30.3 Å². The number of nitro groups is 1. The van der Waals surface area contributed by atoms with E-state index in [-0.39, 0.29) is 5.69 Å². The Bertz CT molecular complexity index is 1050. The van der Waals surface area contributed by atoms with Gasteiger partial charge in [-0.05, 0) is 52.9 Å². The van der Waals surface area contributed by atoms with E-state index in [1.165, 1.54) is 6.07 Å². The van der Waals surface area contributed by atoms with Crippen LogP contribution in [-0.2, 0) is 11.3 Å². The number of hydrogen-bond donors (Lipinski definition) is 1. The summed E-state index contributed by atoms with van der Waals surface area (Å²) < 4.78 is 1.11. The Hall–Kier alpha value is -2.46. The number of hydrogen-bond acceptors (Lipinski definition) is 6. The molecule has 3 rings (SSSR count). The highest BCUT2D eigenvalue weighted by Gasteiger charge is 2.31. The maximum absolute atomic E-state index is 11.4. The summed E-state index contributed by atoms with van der Waals surface area (Å²) in [6.07, 6.45) is 0. The molecule has 1 heterocycles. The average Bonchev–Trinajstić information content (AvgIpc) is 2.94. The van der Waals surface area contributed by atoms with Gasteiger partial charge >= 0.3 is 5.97 Å². The summed E-state index contributed by atoms with van der Waals surface area (Å²) in [5.74, 6) is -0.959. The van der Waals surface area contributed by atoms with Gasteiger partial charge in [-0.1, -0.05) is 30.0 Å². The highest BCUT2D eigenvalue weighted by atomic mass is 79.9. The van der Waals surface area contributed by atoms with E-state index in [0.29, 0.717) is 21.8 Å². The van der Waals surface area contributed by atoms with Crippen molar-refractivity contribution >= 4 is 50.1 Å². The molecule has 10 heteroatoms. The standard InChI is InChI=1S/C17H15BrN4O4S/c1-17(2,14(23)24)27-16-20-19-15(18)21(16)9-10-7-8-13(22(25)26)12-6-4-3-5-11(10)12/h3-8H,9H2,1-2H3,(H,23,24). The Morgan fingerprint density at radius 2 is 1.93 bits per heavy atom. The summed E-state index contributed by atoms with van der Waals surface area (Å²) in [5, 5.41) is 30.4. The summed E-state index contributed by atoms with van der Waals surface area (Å²) in [5.41, 5.74) is 0.880. The summed E-state index contributed by atoms with van der Waals surface area (Å²) in [7, 11) is 0. The van der Waals surface area contributed by atoms with Crippen LogP contribution in [0.5, 0.6) is 0 Å². The molecule has 0 aliphatic rings. The van der Waals surface area contributed by atoms with Crippen LogP contribution in [0.3, 0.4) is 0 Å². The molecule has 0 saturated carbocycles. The van der Waals surface area contributed by atoms with Gasteiger partial charge in [-0.2, -0.15) is 0 Å². The lowest BCUT2D eigenvalue weighted by atomic mass is 10.0. The number of rotatable bonds is 6. The molecule has 0 aliphatic heterocycles. The Balaban J connectivity index is 2.05. The van der Waals surface area contributed by atoms with Gasteiger partial charge in [0, 0.05) is 6.07 Å². The Morgan fingerprint density at radius 3 is 2.56 bits per heavy atom. The number of benzene rings is 2. The number of halogens is 1. The van der Waals surface area contributed by atoms with E-state index in [1.807, 2.05) is 12.1 Å². The molecule has 0 amide bonds. The van der Waals surface area contributed by atoms with Gasteiger partial charge in [0.05, 0.1) is 16.9 Å². The normalized spacial score (nSPS) is 11.7. The molecule has 1 aromatic heterocycles. The SMILES string of the molecule is CC(C)(Sc1nnc(Br)n1Cc1ccc([N+](=O)[O-])c2ccccc12)C(=O)O. The lowest BCUT2D eigenvalue weighted by Crippen LogP contribution is -2.27. The molecule has 0 bridgehead atoms. The fourth-order valence-corrected chi connectivity index (χ4v) is 3.94. The van der Waals surface area contributed by atoms with E-state index in [9.17, 15) is 20.0 Å². The molecular formula is C17H15BrN4O4S. The van der Waals surface area contributed by atoms with E-state index < -0.39 is 15.6 Å². The van der Waals surface area contributed by atoms with Crippen LogP contribution in [0.25, 0.3) is 10.8 Å². The molecule has 3 aromatic rings. The van der Waals surface area contributed by atoms with Crippen molar-refractivity contribution in [2.75, 3.05) is 0 Å². The second-order valence-electron chi connectivity index (χ2n) is 6.30. The third-order valence-corrected chi connectivity index (χ3v) is 5.81. The smallest absolute Gasteiger partial charge is 0.319 e. The second kappa shape index (κ2) is 7.28. The number of nitro benzene ring substituents is 1. The number of aromatic nitrogens is 3. The first kappa shape index (κ1) is 19.3. The first-order valence-electron chi connectivity index (χ1n) is 7.87. The summed E-state index contributed by atoms with van der Waals surface area (Å²) in [4.78, 5) is 22.3. The number of carboxylic acids is 1. The number of thioether (sulfide) groups is 1. The van der Waals surface area contributed by atoms with E-state index in [1.54, 1.807) is 36.6 Å². The van der Waals surface area contributed by atoms with E-state index in [2.05, 4.69) is 26.1 Å². The van der Waals surface area contributed by atoms with Gasteiger partial charge in [0.1, 0.15) is 4.75 Å². The number of carbonyl (C=O) groups is 1. The Kier molecular flexibility index (Phi) is 5.20. The minimum absolute atomic E-state index is 0.0405. The van der Waals surface area contributed by atoms with Gasteiger partial charge in [0.25, 0.3) is 5.69 Å². The minimum Gasteiger partial charge on any atom is -0.480 e. The molecule has 0 spiro atoms. The van der Waals surface area contributed by atoms with Crippen molar-refractivity contribution in [2.24, 2.45) is 0 Å². The van der Waals surface area contributed by atoms with Crippen molar-refractivity contribution in [3.05, 3.63) is 56.8 Å². The summed E-state index contributed by atoms with van der Waals surface area (Å²) in [6.45, 7) is 3.52. The van der Waals surface area contributed by atoms with Crippen molar-refractivity contribution < 1.29 is 14.8 Å². The number of carboxylic acid groups (broad SMARTS) is 1. The van der Waals surface area contributed by atoms with Crippen LogP contribution in [-0.4, -0.2) is 35.5 Å². The van der Waals surface area contributed by atoms with Crippen molar-refractivity contribution in [1.29, 1.82) is 0 Å². The fraction of sp³-hybridized carbons (Fsp3) is 0.235. The molecule has 0 unspecified atom stereocenters. The summed E-state index contributed by atoms with van der Waals surface area (Å²) in [6, 6.07) is 10.3. The molecule has 1 N–H and O–H groups in total. The quantitative estimate of drug-likeness (QED) is 0.341. The van der Waals surface area contributed by atoms with Crippen LogP contribution < -0.4 is 0 Å². The number of nitrogens with zero attached hydrogens (tertiary/aromatic N) is 4. The largest absolute Gasteiger partial charge is 0.480 e. The number of non-ortho nitro benzene ring substituents is 1. The van der Waals surface area contributed by atoms with Crippen LogP contribution >= 0.6 is 27.7 Å². The third-order valence-electron chi connectivity index (χ3n) is 4.05. The van der Waals surface area contributed by atoms with Crippen molar-refractivity contribution in [1.82, 2.24) is 14.8 Å². The highest BCUT2D eigenvalue weighted by Crippen LogP contribution is 2.34. The highest BCUT2D eigenvalue weighted by molar-refractivity contribution is 9.10. The molecule has 2 aromatic carbocycles.